The molecule has 1 radical (unpaired) electrons. The van der Waals surface area contributed by atoms with Crippen LogP contribution >= 0.6 is 11.3 Å². The third kappa shape index (κ3) is 1.98. The van der Waals surface area contributed by atoms with Crippen LogP contribution in [0.3, 0.4) is 0 Å². The van der Waals surface area contributed by atoms with E-state index in [-0.39, 0.29) is 41.3 Å². The maximum absolute atomic E-state index is 4.40. The van der Waals surface area contributed by atoms with Gasteiger partial charge < -0.3 is 5.32 Å². The molecule has 17 heavy (non-hydrogen) atoms. The Bertz CT molecular complexity index is 556. The number of thiophene rings is 1. The molecule has 0 aliphatic heterocycles. The largest absolute Gasteiger partial charge is 0.678 e. The van der Waals surface area contributed by atoms with Crippen LogP contribution in [0, 0.1) is 48.2 Å². The zero-order valence-electron chi connectivity index (χ0n) is 10.3. The maximum atomic E-state index is 4.40. The molecular weight excluding hydrogens is 359 g/mol. The summed E-state index contributed by atoms with van der Waals surface area (Å²) in [4.78, 5) is 1.41. The molecule has 1 aliphatic carbocycles. The van der Waals surface area contributed by atoms with Crippen molar-refractivity contribution in [2.75, 3.05) is 7.05 Å². The Morgan fingerprint density at radius 2 is 2.18 bits per heavy atom. The van der Waals surface area contributed by atoms with Crippen LogP contribution in [0.2, 0.25) is 0 Å². The van der Waals surface area contributed by atoms with Crippen LogP contribution in [-0.2, 0) is 19.9 Å². The summed E-state index contributed by atoms with van der Waals surface area (Å²) in [5.74, 6) is 0. The van der Waals surface area contributed by atoms with E-state index in [1.165, 1.54) is 27.3 Å². The summed E-state index contributed by atoms with van der Waals surface area (Å²) < 4.78 is 1.98. The third-order valence-electron chi connectivity index (χ3n) is 3.29. The van der Waals surface area contributed by atoms with Crippen molar-refractivity contribution in [3.05, 3.63) is 27.5 Å². The molecule has 0 amide bonds. The molecular formula is C12H14N3PrS-. The van der Waals surface area contributed by atoms with Gasteiger partial charge in [0.2, 0.25) is 0 Å². The predicted octanol–water partition coefficient (Wildman–Crippen LogP) is 3.19. The maximum Gasteiger partial charge on any atom is 0.0709 e. The molecule has 0 atom stereocenters. The van der Waals surface area contributed by atoms with E-state index in [4.69, 9.17) is 0 Å². The Morgan fingerprint density at radius 3 is 2.88 bits per heavy atom. The first-order valence-electron chi connectivity index (χ1n) is 5.45. The van der Waals surface area contributed by atoms with E-state index in [2.05, 4.69) is 17.3 Å². The molecule has 0 unspecified atom stereocenters. The van der Waals surface area contributed by atoms with Gasteiger partial charge in [0.1, 0.15) is 0 Å². The standard InChI is InChI=1S/C12H14N3S.Pr/c1-7-9-5-4-8-6-14-15(3)11(8)10(9)12(13-2)16-7;/h6H,4-5H2,1-3H3;/q-1;. The Kier molecular flexibility index (Phi) is 3.96. The van der Waals surface area contributed by atoms with Gasteiger partial charge in [-0.1, -0.05) is 5.00 Å². The molecule has 0 spiro atoms. The average Bonchev–Trinajstić information content (AvgIpc) is 2.81. The summed E-state index contributed by atoms with van der Waals surface area (Å²) in [7, 11) is 3.89. The fourth-order valence-corrected chi connectivity index (χ4v) is 3.54. The van der Waals surface area contributed by atoms with Gasteiger partial charge >= 0.3 is 0 Å². The molecule has 3 nitrogen and oxygen atoms in total. The van der Waals surface area contributed by atoms with E-state index < -0.39 is 0 Å². The molecule has 1 aliphatic rings. The minimum absolute atomic E-state index is 0. The summed E-state index contributed by atoms with van der Waals surface area (Å²) in [6.45, 7) is 2.19. The molecule has 0 saturated heterocycles. The molecule has 0 N–H and O–H groups in total. The number of rotatable bonds is 1. The van der Waals surface area contributed by atoms with Gasteiger partial charge in [-0.25, -0.2) is 0 Å². The minimum Gasteiger partial charge on any atom is -0.678 e. The second-order valence-electron chi connectivity index (χ2n) is 4.18. The van der Waals surface area contributed by atoms with Crippen LogP contribution in [0.5, 0.6) is 0 Å². The Labute approximate surface area is 139 Å². The normalized spacial score (nSPS) is 12.6. The van der Waals surface area contributed by atoms with Gasteiger partial charge in [-0.05, 0) is 36.5 Å². The smallest absolute Gasteiger partial charge is 0.0709 e. The van der Waals surface area contributed by atoms with Gasteiger partial charge in [-0.3, -0.25) is 4.68 Å². The Morgan fingerprint density at radius 1 is 1.41 bits per heavy atom. The number of fused-ring (bicyclic) bond motifs is 3. The van der Waals surface area contributed by atoms with Crippen LogP contribution in [0.25, 0.3) is 16.6 Å². The fourth-order valence-electron chi connectivity index (χ4n) is 2.51. The molecule has 5 heteroatoms. The van der Waals surface area contributed by atoms with Gasteiger partial charge in [0.25, 0.3) is 0 Å². The first-order valence-corrected chi connectivity index (χ1v) is 6.27. The molecule has 2 aromatic heterocycles. The van der Waals surface area contributed by atoms with Crippen molar-refractivity contribution in [1.82, 2.24) is 9.78 Å². The number of aryl methyl sites for hydroxylation is 3. The summed E-state index contributed by atoms with van der Waals surface area (Å²) in [5, 5.41) is 9.91. The zero-order chi connectivity index (χ0) is 11.3. The first kappa shape index (κ1) is 13.5. The quantitative estimate of drug-likeness (QED) is 0.756. The molecule has 87 valence electrons. The van der Waals surface area contributed by atoms with Gasteiger partial charge in [0.05, 0.1) is 11.9 Å². The van der Waals surface area contributed by atoms with E-state index >= 15 is 0 Å². The molecule has 0 aromatic carbocycles. The summed E-state index contributed by atoms with van der Waals surface area (Å²) in [6.07, 6.45) is 4.23. The van der Waals surface area contributed by atoms with Crippen molar-refractivity contribution in [1.29, 1.82) is 0 Å². The van der Waals surface area contributed by atoms with Crippen molar-refractivity contribution in [3.63, 3.8) is 0 Å². The van der Waals surface area contributed by atoms with Crippen molar-refractivity contribution >= 4 is 16.3 Å². The third-order valence-corrected chi connectivity index (χ3v) is 4.42. The average molecular weight is 373 g/mol. The number of hydrogen-bond acceptors (Lipinski definition) is 2. The van der Waals surface area contributed by atoms with E-state index in [9.17, 15) is 0 Å². The van der Waals surface area contributed by atoms with E-state index in [1.807, 2.05) is 25.0 Å². The van der Waals surface area contributed by atoms with Gasteiger partial charge in [0.15, 0.2) is 0 Å². The molecule has 3 rings (SSSR count). The molecule has 2 heterocycles. The monoisotopic (exact) mass is 373 g/mol. The van der Waals surface area contributed by atoms with Crippen LogP contribution in [0.15, 0.2) is 6.20 Å². The first-order chi connectivity index (χ1) is 7.72. The summed E-state index contributed by atoms with van der Waals surface area (Å²) in [6, 6.07) is 0. The predicted molar refractivity (Wildman–Crippen MR) is 67.6 cm³/mol. The topological polar surface area (TPSA) is 31.9 Å². The summed E-state index contributed by atoms with van der Waals surface area (Å²) >= 11 is 1.80. The SMILES string of the molecule is C[N-]c1sc(C)c2c1-c1c(cnn1C)CC2.[Pr]. The minimum atomic E-state index is 0. The second-order valence-corrected chi connectivity index (χ2v) is 5.39. The van der Waals surface area contributed by atoms with Gasteiger partial charge in [-0.2, -0.15) is 16.4 Å². The number of nitrogens with zero attached hydrogens (tertiary/aromatic N) is 3. The van der Waals surface area contributed by atoms with E-state index in [0.717, 1.165) is 17.8 Å². The van der Waals surface area contributed by atoms with Crippen molar-refractivity contribution in [3.8, 4) is 11.3 Å². The van der Waals surface area contributed by atoms with Crippen LogP contribution in [-0.4, -0.2) is 16.8 Å². The van der Waals surface area contributed by atoms with Gasteiger partial charge in [-0.15, -0.1) is 7.05 Å². The molecule has 0 saturated carbocycles. The van der Waals surface area contributed by atoms with Crippen LogP contribution in [0.1, 0.15) is 16.0 Å². The summed E-state index contributed by atoms with van der Waals surface area (Å²) in [5.41, 5.74) is 5.43. The fraction of sp³-hybridized carbons (Fsp3) is 0.417. The molecule has 0 bridgehead atoms. The Balaban J connectivity index is 0.00000108. The second kappa shape index (κ2) is 4.98. The molecule has 0 fully saturated rings. The number of hydrogen-bond donors (Lipinski definition) is 0. The van der Waals surface area contributed by atoms with E-state index in [0.29, 0.717) is 0 Å². The van der Waals surface area contributed by atoms with Crippen molar-refractivity contribution in [2.24, 2.45) is 7.05 Å². The van der Waals surface area contributed by atoms with Crippen LogP contribution < -0.4 is 0 Å². The van der Waals surface area contributed by atoms with Crippen molar-refractivity contribution < 1.29 is 41.3 Å². The van der Waals surface area contributed by atoms with Crippen LogP contribution in [0.4, 0.5) is 5.00 Å². The van der Waals surface area contributed by atoms with Crippen molar-refractivity contribution in [2.45, 2.75) is 19.8 Å². The van der Waals surface area contributed by atoms with Gasteiger partial charge in [0, 0.05) is 53.2 Å². The zero-order valence-corrected chi connectivity index (χ0v) is 14.8. The van der Waals surface area contributed by atoms with E-state index in [1.54, 1.807) is 11.3 Å². The Hall–Kier alpha value is 0.0736. The molecule has 2 aromatic rings. The number of aromatic nitrogens is 2.